The van der Waals surface area contributed by atoms with Gasteiger partial charge in [0.2, 0.25) is 0 Å². The lowest BCUT2D eigenvalue weighted by molar-refractivity contribution is 0.0789. The summed E-state index contributed by atoms with van der Waals surface area (Å²) in [6.07, 6.45) is 0. The number of hydrogen-bond donors (Lipinski definition) is 1. The smallest absolute Gasteiger partial charge is 0.257 e. The van der Waals surface area contributed by atoms with Crippen LogP contribution < -0.4 is 10.1 Å². The summed E-state index contributed by atoms with van der Waals surface area (Å²) in [7, 11) is 5.26. The van der Waals surface area contributed by atoms with Gasteiger partial charge in [0.1, 0.15) is 12.4 Å². The fourth-order valence-corrected chi connectivity index (χ4v) is 1.59. The Hall–Kier alpha value is -1.30. The van der Waals surface area contributed by atoms with Gasteiger partial charge in [-0.25, -0.2) is 0 Å². The molecule has 0 unspecified atom stereocenters. The van der Waals surface area contributed by atoms with Crippen LogP contribution in [-0.4, -0.2) is 58.3 Å². The molecule has 0 heterocycles. The van der Waals surface area contributed by atoms with Gasteiger partial charge in [-0.3, -0.25) is 4.79 Å². The Bertz CT molecular complexity index is 402. The average Bonchev–Trinajstić information content (AvgIpc) is 2.44. The van der Waals surface area contributed by atoms with Crippen LogP contribution in [-0.2, 0) is 4.74 Å². The van der Waals surface area contributed by atoms with Crippen molar-refractivity contribution < 1.29 is 14.3 Å². The first-order valence-electron chi connectivity index (χ1n) is 6.31. The fourth-order valence-electron chi connectivity index (χ4n) is 1.59. The van der Waals surface area contributed by atoms with Gasteiger partial charge in [-0.2, -0.15) is 0 Å². The lowest BCUT2D eigenvalue weighted by Gasteiger charge is -2.19. The van der Waals surface area contributed by atoms with E-state index in [0.29, 0.717) is 31.1 Å². The summed E-state index contributed by atoms with van der Waals surface area (Å²) in [6.45, 7) is 2.34. The number of methoxy groups -OCH3 is 1. The predicted octanol–water partition coefficient (Wildman–Crippen LogP) is 1.42. The molecule has 1 rings (SSSR count). The minimum Gasteiger partial charge on any atom is -0.490 e. The number of carbonyl (C=O) groups is 1. The van der Waals surface area contributed by atoms with E-state index in [2.05, 4.69) is 5.32 Å². The van der Waals surface area contributed by atoms with Crippen molar-refractivity contribution in [2.24, 2.45) is 0 Å². The van der Waals surface area contributed by atoms with Crippen LogP contribution in [0.3, 0.4) is 0 Å². The number of likely N-dealkylation sites (N-methyl/N-ethyl adjacent to an activating group) is 2. The Labute approximate surface area is 126 Å². The molecule has 0 atom stereocenters. The number of nitrogens with zero attached hydrogens (tertiary/aromatic N) is 1. The quantitative estimate of drug-likeness (QED) is 0.738. The molecule has 0 aliphatic rings. The van der Waals surface area contributed by atoms with Crippen molar-refractivity contribution in [2.45, 2.75) is 0 Å². The molecule has 0 saturated carbocycles. The van der Waals surface area contributed by atoms with Crippen LogP contribution in [0.25, 0.3) is 0 Å². The maximum absolute atomic E-state index is 12.3. The highest BCUT2D eigenvalue weighted by atomic mass is 35.5. The molecule has 0 aromatic heterocycles. The zero-order valence-corrected chi connectivity index (χ0v) is 13.0. The number of benzene rings is 1. The minimum atomic E-state index is -0.0386. The first-order valence-corrected chi connectivity index (χ1v) is 6.31. The highest BCUT2D eigenvalue weighted by Crippen LogP contribution is 2.19. The Morgan fingerprint density at radius 1 is 1.30 bits per heavy atom. The van der Waals surface area contributed by atoms with E-state index in [1.165, 1.54) is 0 Å². The highest BCUT2D eigenvalue weighted by molar-refractivity contribution is 5.96. The molecule has 0 fully saturated rings. The van der Waals surface area contributed by atoms with Crippen LogP contribution in [0.5, 0.6) is 5.75 Å². The van der Waals surface area contributed by atoms with Gasteiger partial charge in [-0.05, 0) is 19.2 Å². The number of carbonyl (C=O) groups excluding carboxylic acids is 1. The molecule has 1 N–H and O–H groups in total. The van der Waals surface area contributed by atoms with Crippen LogP contribution in [0.2, 0.25) is 0 Å². The van der Waals surface area contributed by atoms with Crippen molar-refractivity contribution >= 4 is 18.3 Å². The molecular weight excluding hydrogens is 280 g/mol. The fraction of sp³-hybridized carbons (Fsp3) is 0.500. The number of rotatable bonds is 8. The molecule has 0 spiro atoms. The SMILES string of the molecule is CNCCN(C)C(=O)c1ccccc1OCCOC.Cl. The standard InChI is InChI=1S/C14H22N2O3.ClH/c1-15-8-9-16(2)14(17)12-6-4-5-7-13(12)19-11-10-18-3;/h4-7,15H,8-11H2,1-3H3;1H. The van der Waals surface area contributed by atoms with Crippen molar-refractivity contribution in [3.63, 3.8) is 0 Å². The summed E-state index contributed by atoms with van der Waals surface area (Å²) < 4.78 is 10.5. The molecule has 5 nitrogen and oxygen atoms in total. The lowest BCUT2D eigenvalue weighted by Crippen LogP contribution is -2.33. The Morgan fingerprint density at radius 2 is 2.00 bits per heavy atom. The molecular formula is C14H23ClN2O3. The molecule has 6 heteroatoms. The summed E-state index contributed by atoms with van der Waals surface area (Å²) in [5.41, 5.74) is 0.581. The number of amides is 1. The average molecular weight is 303 g/mol. The van der Waals surface area contributed by atoms with Gasteiger partial charge in [-0.1, -0.05) is 12.1 Å². The third-order valence-electron chi connectivity index (χ3n) is 2.71. The summed E-state index contributed by atoms with van der Waals surface area (Å²) >= 11 is 0. The van der Waals surface area contributed by atoms with E-state index >= 15 is 0 Å². The summed E-state index contributed by atoms with van der Waals surface area (Å²) in [6, 6.07) is 7.27. The third-order valence-corrected chi connectivity index (χ3v) is 2.71. The van der Waals surface area contributed by atoms with E-state index in [1.54, 1.807) is 31.2 Å². The summed E-state index contributed by atoms with van der Waals surface area (Å²) in [4.78, 5) is 14.0. The second-order valence-corrected chi connectivity index (χ2v) is 4.17. The Balaban J connectivity index is 0.00000361. The normalized spacial score (nSPS) is 9.75. The minimum absolute atomic E-state index is 0. The number of para-hydroxylation sites is 1. The van der Waals surface area contributed by atoms with Crippen molar-refractivity contribution in [3.8, 4) is 5.75 Å². The van der Waals surface area contributed by atoms with Gasteiger partial charge in [0.15, 0.2) is 0 Å². The number of nitrogens with one attached hydrogen (secondary N) is 1. The molecule has 0 aliphatic heterocycles. The molecule has 1 amide bonds. The van der Waals surface area contributed by atoms with Crippen LogP contribution in [0.1, 0.15) is 10.4 Å². The summed E-state index contributed by atoms with van der Waals surface area (Å²) in [5, 5.41) is 3.02. The van der Waals surface area contributed by atoms with Gasteiger partial charge in [-0.15, -0.1) is 12.4 Å². The van der Waals surface area contributed by atoms with Gasteiger partial charge in [0, 0.05) is 27.2 Å². The van der Waals surface area contributed by atoms with E-state index in [1.807, 2.05) is 19.2 Å². The van der Waals surface area contributed by atoms with E-state index in [0.717, 1.165) is 6.54 Å². The first kappa shape index (κ1) is 18.7. The van der Waals surface area contributed by atoms with Crippen LogP contribution in [0.15, 0.2) is 24.3 Å². The van der Waals surface area contributed by atoms with Gasteiger partial charge in [0.05, 0.1) is 12.2 Å². The van der Waals surface area contributed by atoms with Crippen LogP contribution in [0, 0.1) is 0 Å². The predicted molar refractivity (Wildman–Crippen MR) is 81.9 cm³/mol. The maximum Gasteiger partial charge on any atom is 0.257 e. The van der Waals surface area contributed by atoms with E-state index in [9.17, 15) is 4.79 Å². The zero-order chi connectivity index (χ0) is 14.1. The molecule has 1 aromatic carbocycles. The molecule has 0 aliphatic carbocycles. The molecule has 0 bridgehead atoms. The van der Waals surface area contributed by atoms with Crippen LogP contribution in [0.4, 0.5) is 0 Å². The lowest BCUT2D eigenvalue weighted by atomic mass is 10.2. The van der Waals surface area contributed by atoms with E-state index in [4.69, 9.17) is 9.47 Å². The number of hydrogen-bond acceptors (Lipinski definition) is 4. The van der Waals surface area contributed by atoms with Crippen molar-refractivity contribution in [3.05, 3.63) is 29.8 Å². The second kappa shape index (κ2) is 10.5. The third kappa shape index (κ3) is 5.77. The van der Waals surface area contributed by atoms with E-state index in [-0.39, 0.29) is 18.3 Å². The van der Waals surface area contributed by atoms with E-state index < -0.39 is 0 Å². The molecule has 1 aromatic rings. The summed E-state index contributed by atoms with van der Waals surface area (Å²) in [5.74, 6) is 0.559. The molecule has 0 radical (unpaired) electrons. The van der Waals surface area contributed by atoms with Crippen molar-refractivity contribution in [2.75, 3.05) is 47.5 Å². The highest BCUT2D eigenvalue weighted by Gasteiger charge is 2.15. The monoisotopic (exact) mass is 302 g/mol. The first-order chi connectivity index (χ1) is 9.20. The largest absolute Gasteiger partial charge is 0.490 e. The Kier molecular flexibility index (Phi) is 9.80. The topological polar surface area (TPSA) is 50.8 Å². The van der Waals surface area contributed by atoms with Gasteiger partial charge in [0.25, 0.3) is 5.91 Å². The van der Waals surface area contributed by atoms with Gasteiger partial charge >= 0.3 is 0 Å². The zero-order valence-electron chi connectivity index (χ0n) is 12.2. The van der Waals surface area contributed by atoms with Crippen molar-refractivity contribution in [1.29, 1.82) is 0 Å². The van der Waals surface area contributed by atoms with Crippen molar-refractivity contribution in [1.82, 2.24) is 10.2 Å². The Morgan fingerprint density at radius 3 is 2.65 bits per heavy atom. The number of halogens is 1. The molecule has 20 heavy (non-hydrogen) atoms. The van der Waals surface area contributed by atoms with Gasteiger partial charge < -0.3 is 19.7 Å². The number of ether oxygens (including phenoxy) is 2. The second-order valence-electron chi connectivity index (χ2n) is 4.17. The molecule has 0 saturated heterocycles. The molecule has 114 valence electrons. The van der Waals surface area contributed by atoms with Crippen LogP contribution >= 0.6 is 12.4 Å². The maximum atomic E-state index is 12.3.